The van der Waals surface area contributed by atoms with E-state index in [1.807, 2.05) is 19.0 Å². The first-order valence-corrected chi connectivity index (χ1v) is 26.8. The number of carbonyl (C=O) groups excluding carboxylic acids is 2. The number of rotatable bonds is 47. The average molecular weight is 882 g/mol. The normalized spacial score (nSPS) is 13.5. The van der Waals surface area contributed by atoms with Crippen molar-refractivity contribution >= 4 is 19.8 Å². The number of phosphoric acid groups is 1. The van der Waals surface area contributed by atoms with Gasteiger partial charge in [0.15, 0.2) is 6.10 Å². The third-order valence-corrected chi connectivity index (χ3v) is 11.9. The third kappa shape index (κ3) is 47.5. The number of likely N-dealkylation sites (N-methyl/N-ethyl adjacent to an activating group) is 1. The third-order valence-electron chi connectivity index (χ3n) is 10.9. The first-order chi connectivity index (χ1) is 29.7. The minimum absolute atomic E-state index is 0.00465. The maximum Gasteiger partial charge on any atom is 0.472 e. The van der Waals surface area contributed by atoms with E-state index in [1.165, 1.54) is 141 Å². The number of carbonyl (C=O) groups is 2. The average Bonchev–Trinajstić information content (AvgIpc) is 3.23. The number of esters is 2. The van der Waals surface area contributed by atoms with E-state index in [4.69, 9.17) is 18.5 Å². The van der Waals surface area contributed by atoms with Crippen molar-refractivity contribution in [2.24, 2.45) is 0 Å². The van der Waals surface area contributed by atoms with Gasteiger partial charge in [-0.3, -0.25) is 18.6 Å². The van der Waals surface area contributed by atoms with Crippen molar-refractivity contribution < 1.29 is 37.6 Å². The Labute approximate surface area is 376 Å². The summed E-state index contributed by atoms with van der Waals surface area (Å²) in [4.78, 5) is 37.2. The molecule has 0 aliphatic carbocycles. The van der Waals surface area contributed by atoms with Gasteiger partial charge in [-0.05, 0) is 65.5 Å². The lowest BCUT2D eigenvalue weighted by Gasteiger charge is -2.20. The smallest absolute Gasteiger partial charge is 0.462 e. The Morgan fingerprint density at radius 1 is 0.508 bits per heavy atom. The summed E-state index contributed by atoms with van der Waals surface area (Å²) in [5.74, 6) is -0.818. The molecule has 10 heteroatoms. The fourth-order valence-electron chi connectivity index (χ4n) is 7.05. The van der Waals surface area contributed by atoms with Crippen LogP contribution in [0.1, 0.15) is 232 Å². The molecule has 0 aliphatic heterocycles. The zero-order chi connectivity index (χ0) is 44.8. The molecule has 1 N–H and O–H groups in total. The summed E-state index contributed by atoms with van der Waals surface area (Å²) in [7, 11) is -0.718. The van der Waals surface area contributed by atoms with Gasteiger partial charge in [-0.15, -0.1) is 0 Å². The van der Waals surface area contributed by atoms with Crippen LogP contribution >= 0.6 is 7.82 Å². The molecular formula is C51H96NO8P. The lowest BCUT2D eigenvalue weighted by atomic mass is 10.0. The Hall–Kier alpha value is -1.77. The molecule has 0 radical (unpaired) electrons. The van der Waals surface area contributed by atoms with Gasteiger partial charge in [0, 0.05) is 19.4 Å². The van der Waals surface area contributed by atoms with Gasteiger partial charge in [-0.2, -0.15) is 0 Å². The molecule has 0 saturated carbocycles. The summed E-state index contributed by atoms with van der Waals surface area (Å²) in [5, 5.41) is 0. The number of hydrogen-bond donors (Lipinski definition) is 1. The SMILES string of the molecule is CCCCC/C=C\C/C=C\C/C=C\CCCCCCC(=O)OCC(COP(=O)(O)OCCN(C)C)OC(=O)CCCCCCCCCCCCCCCCCCCCCCC. The van der Waals surface area contributed by atoms with Crippen LogP contribution in [0.25, 0.3) is 0 Å². The molecule has 0 bridgehead atoms. The van der Waals surface area contributed by atoms with E-state index in [0.29, 0.717) is 19.4 Å². The molecule has 61 heavy (non-hydrogen) atoms. The highest BCUT2D eigenvalue weighted by Crippen LogP contribution is 2.43. The van der Waals surface area contributed by atoms with Crippen molar-refractivity contribution in [2.45, 2.75) is 238 Å². The molecule has 0 amide bonds. The molecule has 0 heterocycles. The first kappa shape index (κ1) is 59.2. The minimum atomic E-state index is -4.37. The fraction of sp³-hybridized carbons (Fsp3) is 0.843. The number of hydrogen-bond acceptors (Lipinski definition) is 8. The monoisotopic (exact) mass is 882 g/mol. The van der Waals surface area contributed by atoms with Crippen molar-refractivity contribution in [1.82, 2.24) is 4.90 Å². The highest BCUT2D eigenvalue weighted by atomic mass is 31.2. The Kier molecular flexibility index (Phi) is 44.9. The number of phosphoric ester groups is 1. The van der Waals surface area contributed by atoms with Crippen LogP contribution in [-0.2, 0) is 32.7 Å². The highest BCUT2D eigenvalue weighted by Gasteiger charge is 2.26. The molecule has 0 saturated heterocycles. The first-order valence-electron chi connectivity index (χ1n) is 25.3. The predicted octanol–water partition coefficient (Wildman–Crippen LogP) is 15.1. The second-order valence-electron chi connectivity index (χ2n) is 17.4. The van der Waals surface area contributed by atoms with E-state index in [2.05, 4.69) is 50.3 Å². The van der Waals surface area contributed by atoms with Crippen LogP contribution in [0.15, 0.2) is 36.5 Å². The molecule has 0 aliphatic rings. The fourth-order valence-corrected chi connectivity index (χ4v) is 7.79. The molecule has 0 spiro atoms. The number of nitrogens with zero attached hydrogens (tertiary/aromatic N) is 1. The van der Waals surface area contributed by atoms with E-state index in [9.17, 15) is 19.0 Å². The van der Waals surface area contributed by atoms with Gasteiger partial charge in [0.1, 0.15) is 6.61 Å². The number of unbranched alkanes of at least 4 members (excludes halogenated alkanes) is 27. The summed E-state index contributed by atoms with van der Waals surface area (Å²) >= 11 is 0. The van der Waals surface area contributed by atoms with Gasteiger partial charge in [-0.25, -0.2) is 4.57 Å². The van der Waals surface area contributed by atoms with Crippen molar-refractivity contribution in [2.75, 3.05) is 40.5 Å². The van der Waals surface area contributed by atoms with Crippen LogP contribution in [0.3, 0.4) is 0 Å². The predicted molar refractivity (Wildman–Crippen MR) is 257 cm³/mol. The molecule has 0 rings (SSSR count). The van der Waals surface area contributed by atoms with Gasteiger partial charge in [-0.1, -0.05) is 204 Å². The second-order valence-corrected chi connectivity index (χ2v) is 18.8. The van der Waals surface area contributed by atoms with Crippen LogP contribution < -0.4 is 0 Å². The van der Waals surface area contributed by atoms with Crippen LogP contribution in [0, 0.1) is 0 Å². The lowest BCUT2D eigenvalue weighted by Crippen LogP contribution is -2.29. The van der Waals surface area contributed by atoms with Gasteiger partial charge in [0.2, 0.25) is 0 Å². The largest absolute Gasteiger partial charge is 0.472 e. The Bertz CT molecular complexity index is 1110. The minimum Gasteiger partial charge on any atom is -0.462 e. The summed E-state index contributed by atoms with van der Waals surface area (Å²) in [6.45, 7) is 4.31. The summed E-state index contributed by atoms with van der Waals surface area (Å²) in [5.41, 5.74) is 0. The summed E-state index contributed by atoms with van der Waals surface area (Å²) in [6.07, 6.45) is 51.9. The van der Waals surface area contributed by atoms with E-state index in [-0.39, 0.29) is 32.0 Å². The van der Waals surface area contributed by atoms with Gasteiger partial charge < -0.3 is 19.3 Å². The molecule has 2 atom stereocenters. The molecule has 0 aromatic rings. The standard InChI is InChI=1S/C51H96NO8P/c1-5-7-9-11-13-15-17-19-21-23-24-25-26-28-30-32-34-36-38-40-42-44-51(54)60-49(48-59-61(55,56)58-46-45-52(3)4)47-57-50(53)43-41-39-37-35-33-31-29-27-22-20-18-16-14-12-10-8-6-2/h14,16,20,22,29,31,49H,5-13,15,17-19,21,23-28,30,32-48H2,1-4H3,(H,55,56)/b16-14-,22-20-,31-29-. The number of ether oxygens (including phenoxy) is 2. The highest BCUT2D eigenvalue weighted by molar-refractivity contribution is 7.47. The zero-order valence-corrected chi connectivity index (χ0v) is 41.0. The zero-order valence-electron chi connectivity index (χ0n) is 40.1. The quantitative estimate of drug-likeness (QED) is 0.0276. The topological polar surface area (TPSA) is 112 Å². The maximum absolute atomic E-state index is 12.7. The molecule has 0 fully saturated rings. The van der Waals surface area contributed by atoms with Crippen molar-refractivity contribution in [3.05, 3.63) is 36.5 Å². The van der Waals surface area contributed by atoms with E-state index in [1.54, 1.807) is 0 Å². The van der Waals surface area contributed by atoms with Crippen LogP contribution in [0.5, 0.6) is 0 Å². The van der Waals surface area contributed by atoms with Crippen molar-refractivity contribution in [1.29, 1.82) is 0 Å². The van der Waals surface area contributed by atoms with Crippen LogP contribution in [0.4, 0.5) is 0 Å². The maximum atomic E-state index is 12.7. The molecule has 0 aromatic carbocycles. The Morgan fingerprint density at radius 2 is 0.885 bits per heavy atom. The van der Waals surface area contributed by atoms with Gasteiger partial charge >= 0.3 is 19.8 Å². The Morgan fingerprint density at radius 3 is 1.34 bits per heavy atom. The lowest BCUT2D eigenvalue weighted by molar-refractivity contribution is -0.161. The molecule has 9 nitrogen and oxygen atoms in total. The molecular weight excluding hydrogens is 786 g/mol. The van der Waals surface area contributed by atoms with Gasteiger partial charge in [0.25, 0.3) is 0 Å². The second kappa shape index (κ2) is 46.2. The van der Waals surface area contributed by atoms with Crippen molar-refractivity contribution in [3.8, 4) is 0 Å². The number of allylic oxidation sites excluding steroid dienone is 6. The van der Waals surface area contributed by atoms with Crippen LogP contribution in [0.2, 0.25) is 0 Å². The van der Waals surface area contributed by atoms with Gasteiger partial charge in [0.05, 0.1) is 13.2 Å². The molecule has 2 unspecified atom stereocenters. The van der Waals surface area contributed by atoms with Crippen molar-refractivity contribution in [3.63, 3.8) is 0 Å². The summed E-state index contributed by atoms with van der Waals surface area (Å²) < 4.78 is 33.6. The summed E-state index contributed by atoms with van der Waals surface area (Å²) in [6, 6.07) is 0. The van der Waals surface area contributed by atoms with Crippen LogP contribution in [-0.4, -0.2) is 68.3 Å². The van der Waals surface area contributed by atoms with E-state index in [0.717, 1.165) is 51.4 Å². The van der Waals surface area contributed by atoms with E-state index >= 15 is 0 Å². The Balaban J connectivity index is 4.20. The van der Waals surface area contributed by atoms with E-state index < -0.39 is 26.5 Å². The molecule has 358 valence electrons. The molecule has 0 aromatic heterocycles.